The Labute approximate surface area is 159 Å². The summed E-state index contributed by atoms with van der Waals surface area (Å²) in [5.41, 5.74) is 1.37. The van der Waals surface area contributed by atoms with Gasteiger partial charge < -0.3 is 15.1 Å². The molecule has 2 amide bonds. The van der Waals surface area contributed by atoms with Crippen molar-refractivity contribution in [3.8, 4) is 0 Å². The maximum absolute atomic E-state index is 12.3. The van der Waals surface area contributed by atoms with Gasteiger partial charge in [-0.2, -0.15) is 0 Å². The minimum Gasteiger partial charge on any atom is -0.467 e. The second kappa shape index (κ2) is 8.08. The minimum absolute atomic E-state index is 0.235. The average Bonchev–Trinajstić information content (AvgIpc) is 3.13. The van der Waals surface area contributed by atoms with Crippen LogP contribution in [0.4, 0.5) is 5.69 Å². The van der Waals surface area contributed by atoms with Crippen LogP contribution in [0.5, 0.6) is 0 Å². The molecule has 0 saturated heterocycles. The summed E-state index contributed by atoms with van der Waals surface area (Å²) < 4.78 is 5.16. The highest BCUT2D eigenvalue weighted by Crippen LogP contribution is 2.20. The van der Waals surface area contributed by atoms with E-state index in [0.717, 1.165) is 0 Å². The maximum Gasteiger partial charge on any atom is 0.255 e. The molecule has 2 aromatic carbocycles. The van der Waals surface area contributed by atoms with Crippen molar-refractivity contribution in [2.24, 2.45) is 0 Å². The fraction of sp³-hybridized carbons (Fsp3) is 0.0526. The molecule has 0 unspecified atom stereocenters. The van der Waals surface area contributed by atoms with Crippen LogP contribution in [0.3, 0.4) is 0 Å². The van der Waals surface area contributed by atoms with Crippen LogP contribution in [-0.4, -0.2) is 11.8 Å². The Morgan fingerprint density at radius 2 is 1.58 bits per heavy atom. The molecule has 3 rings (SSSR count). The molecule has 0 saturated carbocycles. The van der Waals surface area contributed by atoms with E-state index in [-0.39, 0.29) is 11.8 Å². The van der Waals surface area contributed by atoms with Crippen molar-refractivity contribution >= 4 is 40.7 Å². The number of hydrogen-bond acceptors (Lipinski definition) is 3. The minimum atomic E-state index is -0.343. The molecule has 132 valence electrons. The fourth-order valence-corrected chi connectivity index (χ4v) is 2.80. The Morgan fingerprint density at radius 3 is 2.19 bits per heavy atom. The van der Waals surface area contributed by atoms with Gasteiger partial charge in [0, 0.05) is 26.9 Å². The first-order valence-corrected chi connectivity index (χ1v) is 8.45. The fourth-order valence-electron chi connectivity index (χ4n) is 2.28. The van der Waals surface area contributed by atoms with Crippen molar-refractivity contribution < 1.29 is 14.0 Å². The van der Waals surface area contributed by atoms with E-state index in [1.807, 2.05) is 0 Å². The Kier molecular flexibility index (Phi) is 5.61. The van der Waals surface area contributed by atoms with Crippen molar-refractivity contribution in [1.29, 1.82) is 0 Å². The van der Waals surface area contributed by atoms with Crippen LogP contribution in [0.25, 0.3) is 0 Å². The lowest BCUT2D eigenvalue weighted by Crippen LogP contribution is -2.22. The van der Waals surface area contributed by atoms with Crippen LogP contribution < -0.4 is 10.6 Å². The number of carbonyl (C=O) groups excluding carboxylic acids is 2. The Bertz CT molecular complexity index is 902. The summed E-state index contributed by atoms with van der Waals surface area (Å²) in [6.45, 7) is 0.305. The third kappa shape index (κ3) is 4.65. The van der Waals surface area contributed by atoms with Crippen LogP contribution in [-0.2, 0) is 6.54 Å². The van der Waals surface area contributed by atoms with Crippen molar-refractivity contribution in [3.05, 3.63) is 87.8 Å². The first kappa shape index (κ1) is 18.0. The largest absolute Gasteiger partial charge is 0.467 e. The van der Waals surface area contributed by atoms with E-state index in [2.05, 4.69) is 10.6 Å². The Hall–Kier alpha value is -2.76. The molecule has 0 aliphatic carbocycles. The monoisotopic (exact) mass is 388 g/mol. The number of hydrogen-bond donors (Lipinski definition) is 2. The predicted molar refractivity (Wildman–Crippen MR) is 101 cm³/mol. The molecule has 26 heavy (non-hydrogen) atoms. The van der Waals surface area contributed by atoms with Crippen LogP contribution in [0.2, 0.25) is 10.0 Å². The zero-order valence-corrected chi connectivity index (χ0v) is 15.0. The van der Waals surface area contributed by atoms with Crippen LogP contribution in [0, 0.1) is 0 Å². The standard InChI is InChI=1S/C19H14Cl2N2O3/c20-14-8-13(9-15(21)10-14)19(25)23-16-5-3-12(4-6-16)18(24)22-11-17-2-1-7-26-17/h1-10H,11H2,(H,22,24)(H,23,25). The lowest BCUT2D eigenvalue weighted by Gasteiger charge is -2.08. The summed E-state index contributed by atoms with van der Waals surface area (Å²) in [7, 11) is 0. The predicted octanol–water partition coefficient (Wildman–Crippen LogP) is 4.77. The van der Waals surface area contributed by atoms with Crippen LogP contribution in [0.15, 0.2) is 65.3 Å². The molecule has 0 radical (unpaired) electrons. The first-order valence-electron chi connectivity index (χ1n) is 7.69. The zero-order valence-electron chi connectivity index (χ0n) is 13.5. The topological polar surface area (TPSA) is 71.3 Å². The number of carbonyl (C=O) groups is 2. The van der Waals surface area contributed by atoms with Gasteiger partial charge in [0.1, 0.15) is 5.76 Å². The molecule has 7 heteroatoms. The van der Waals surface area contributed by atoms with Gasteiger partial charge in [-0.3, -0.25) is 9.59 Å². The summed E-state index contributed by atoms with van der Waals surface area (Å²) in [5.74, 6) is 0.0905. The number of furan rings is 1. The SMILES string of the molecule is O=C(NCc1ccco1)c1ccc(NC(=O)c2cc(Cl)cc(Cl)c2)cc1. The van der Waals surface area contributed by atoms with Crippen molar-refractivity contribution in [2.75, 3.05) is 5.32 Å². The number of nitrogens with one attached hydrogen (secondary N) is 2. The lowest BCUT2D eigenvalue weighted by atomic mass is 10.1. The number of benzene rings is 2. The quantitative estimate of drug-likeness (QED) is 0.661. The molecule has 3 aromatic rings. The molecule has 5 nitrogen and oxygen atoms in total. The van der Waals surface area contributed by atoms with E-state index in [9.17, 15) is 9.59 Å². The van der Waals surface area contributed by atoms with Gasteiger partial charge in [-0.25, -0.2) is 0 Å². The highest BCUT2D eigenvalue weighted by Gasteiger charge is 2.10. The molecule has 1 aromatic heterocycles. The summed E-state index contributed by atoms with van der Waals surface area (Å²) in [6.07, 6.45) is 1.55. The van der Waals surface area contributed by atoms with Crippen molar-refractivity contribution in [1.82, 2.24) is 5.32 Å². The van der Waals surface area contributed by atoms with E-state index >= 15 is 0 Å². The summed E-state index contributed by atoms with van der Waals surface area (Å²) >= 11 is 11.8. The van der Waals surface area contributed by atoms with E-state index in [4.69, 9.17) is 27.6 Å². The van der Waals surface area contributed by atoms with Gasteiger partial charge >= 0.3 is 0 Å². The third-order valence-corrected chi connectivity index (χ3v) is 3.97. The number of halogens is 2. The molecular weight excluding hydrogens is 375 g/mol. The number of rotatable bonds is 5. The van der Waals surface area contributed by atoms with E-state index in [0.29, 0.717) is 39.2 Å². The van der Waals surface area contributed by atoms with Crippen molar-refractivity contribution in [2.45, 2.75) is 6.54 Å². The maximum atomic E-state index is 12.3. The average molecular weight is 389 g/mol. The van der Waals surface area contributed by atoms with E-state index < -0.39 is 0 Å². The molecule has 2 N–H and O–H groups in total. The molecule has 0 fully saturated rings. The first-order chi connectivity index (χ1) is 12.5. The number of anilines is 1. The highest BCUT2D eigenvalue weighted by atomic mass is 35.5. The molecule has 1 heterocycles. The third-order valence-electron chi connectivity index (χ3n) is 3.53. The molecule has 0 aliphatic rings. The molecule has 0 bridgehead atoms. The smallest absolute Gasteiger partial charge is 0.255 e. The second-order valence-corrected chi connectivity index (χ2v) is 6.32. The van der Waals surface area contributed by atoms with Crippen molar-refractivity contribution in [3.63, 3.8) is 0 Å². The van der Waals surface area contributed by atoms with E-state index in [1.54, 1.807) is 48.7 Å². The van der Waals surface area contributed by atoms with Gasteiger partial charge in [0.15, 0.2) is 0 Å². The van der Waals surface area contributed by atoms with Gasteiger partial charge in [-0.1, -0.05) is 23.2 Å². The Morgan fingerprint density at radius 1 is 0.885 bits per heavy atom. The van der Waals surface area contributed by atoms with Gasteiger partial charge in [0.2, 0.25) is 0 Å². The van der Waals surface area contributed by atoms with E-state index in [1.165, 1.54) is 12.1 Å². The molecular formula is C19H14Cl2N2O3. The highest BCUT2D eigenvalue weighted by molar-refractivity contribution is 6.35. The molecule has 0 atom stereocenters. The van der Waals surface area contributed by atoms with Gasteiger partial charge in [-0.15, -0.1) is 0 Å². The van der Waals surface area contributed by atoms with Gasteiger partial charge in [0.25, 0.3) is 11.8 Å². The molecule has 0 spiro atoms. The summed E-state index contributed by atoms with van der Waals surface area (Å²) in [5, 5.41) is 6.24. The van der Waals surface area contributed by atoms with Gasteiger partial charge in [0.05, 0.1) is 12.8 Å². The second-order valence-electron chi connectivity index (χ2n) is 5.45. The van der Waals surface area contributed by atoms with Gasteiger partial charge in [-0.05, 0) is 54.6 Å². The zero-order chi connectivity index (χ0) is 18.5. The lowest BCUT2D eigenvalue weighted by molar-refractivity contribution is 0.0947. The van der Waals surface area contributed by atoms with Crippen LogP contribution >= 0.6 is 23.2 Å². The summed E-state index contributed by atoms with van der Waals surface area (Å²) in [6, 6.07) is 14.7. The van der Waals surface area contributed by atoms with Crippen LogP contribution in [0.1, 0.15) is 26.5 Å². The summed E-state index contributed by atoms with van der Waals surface area (Å²) in [4.78, 5) is 24.4. The normalized spacial score (nSPS) is 10.4. The molecule has 0 aliphatic heterocycles. The Balaban J connectivity index is 1.61. The number of amides is 2.